The molecule has 0 unspecified atom stereocenters. The normalized spacial score (nSPS) is 10.2. The van der Waals surface area contributed by atoms with Crippen LogP contribution >= 0.6 is 27.5 Å². The third-order valence-electron chi connectivity index (χ3n) is 2.49. The molecule has 0 heterocycles. The number of hydrogen-bond acceptors (Lipinski definition) is 2. The number of carbonyl (C=O) groups excluding carboxylic acids is 1. The summed E-state index contributed by atoms with van der Waals surface area (Å²) in [6, 6.07) is 11.6. The number of nitrogens with one attached hydrogen (secondary N) is 2. The van der Waals surface area contributed by atoms with Crippen molar-refractivity contribution in [2.45, 2.75) is 0 Å². The van der Waals surface area contributed by atoms with Gasteiger partial charge in [-0.25, -0.2) is 4.39 Å². The predicted molar refractivity (Wildman–Crippen MR) is 82.7 cm³/mol. The van der Waals surface area contributed by atoms with E-state index in [0.29, 0.717) is 15.8 Å². The second-order valence-electron chi connectivity index (χ2n) is 4.01. The van der Waals surface area contributed by atoms with E-state index >= 15 is 0 Å². The third-order valence-corrected chi connectivity index (χ3v) is 3.41. The fraction of sp³-hybridized carbons (Fsp3) is 0.0714. The van der Waals surface area contributed by atoms with Crippen molar-refractivity contribution in [1.29, 1.82) is 0 Å². The molecule has 0 bridgehead atoms. The van der Waals surface area contributed by atoms with Crippen LogP contribution in [0.1, 0.15) is 0 Å². The average molecular weight is 358 g/mol. The number of amides is 1. The summed E-state index contributed by atoms with van der Waals surface area (Å²) in [5.74, 6) is -0.662. The third kappa shape index (κ3) is 3.95. The van der Waals surface area contributed by atoms with Crippen molar-refractivity contribution in [3.63, 3.8) is 0 Å². The van der Waals surface area contributed by atoms with Crippen LogP contribution in [0.4, 0.5) is 15.8 Å². The number of hydrogen-bond donors (Lipinski definition) is 2. The molecule has 0 fully saturated rings. The van der Waals surface area contributed by atoms with Gasteiger partial charge in [-0.1, -0.05) is 29.8 Å². The molecule has 0 aromatic heterocycles. The van der Waals surface area contributed by atoms with E-state index in [0.717, 1.165) is 0 Å². The van der Waals surface area contributed by atoms with Crippen LogP contribution in [-0.4, -0.2) is 12.5 Å². The zero-order valence-electron chi connectivity index (χ0n) is 10.3. The monoisotopic (exact) mass is 356 g/mol. The largest absolute Gasteiger partial charge is 0.374 e. The first-order chi connectivity index (χ1) is 9.56. The lowest BCUT2D eigenvalue weighted by Gasteiger charge is -2.11. The Morgan fingerprint density at radius 3 is 2.60 bits per heavy atom. The molecular weight excluding hydrogens is 347 g/mol. The van der Waals surface area contributed by atoms with Crippen LogP contribution in [0.3, 0.4) is 0 Å². The lowest BCUT2D eigenvalue weighted by Crippen LogP contribution is -2.22. The molecule has 6 heteroatoms. The topological polar surface area (TPSA) is 41.1 Å². The highest BCUT2D eigenvalue weighted by atomic mass is 79.9. The van der Waals surface area contributed by atoms with Crippen LogP contribution in [0.25, 0.3) is 0 Å². The van der Waals surface area contributed by atoms with Crippen molar-refractivity contribution in [2.75, 3.05) is 17.2 Å². The van der Waals surface area contributed by atoms with Gasteiger partial charge < -0.3 is 10.6 Å². The molecule has 0 radical (unpaired) electrons. The van der Waals surface area contributed by atoms with Crippen molar-refractivity contribution in [2.24, 2.45) is 0 Å². The van der Waals surface area contributed by atoms with Crippen LogP contribution in [-0.2, 0) is 4.79 Å². The highest BCUT2D eigenvalue weighted by Gasteiger charge is 2.09. The number of carbonyl (C=O) groups is 1. The van der Waals surface area contributed by atoms with Crippen molar-refractivity contribution >= 4 is 44.8 Å². The molecule has 104 valence electrons. The molecule has 0 aliphatic rings. The van der Waals surface area contributed by atoms with Crippen molar-refractivity contribution in [3.05, 3.63) is 57.8 Å². The molecule has 0 saturated heterocycles. The van der Waals surface area contributed by atoms with Gasteiger partial charge in [-0.2, -0.15) is 0 Å². The number of rotatable bonds is 4. The van der Waals surface area contributed by atoms with Gasteiger partial charge >= 0.3 is 0 Å². The molecule has 2 rings (SSSR count). The average Bonchev–Trinajstić information content (AvgIpc) is 2.38. The smallest absolute Gasteiger partial charge is 0.243 e. The Bertz CT molecular complexity index is 599. The highest BCUT2D eigenvalue weighted by Crippen LogP contribution is 2.31. The maximum Gasteiger partial charge on any atom is 0.243 e. The lowest BCUT2D eigenvalue weighted by molar-refractivity contribution is -0.114. The van der Waals surface area contributed by atoms with Crippen molar-refractivity contribution in [3.8, 4) is 0 Å². The fourth-order valence-electron chi connectivity index (χ4n) is 1.61. The Morgan fingerprint density at radius 1 is 1.25 bits per heavy atom. The predicted octanol–water partition coefficient (Wildman–Crippen LogP) is 4.29. The summed E-state index contributed by atoms with van der Waals surface area (Å²) in [4.78, 5) is 11.8. The highest BCUT2D eigenvalue weighted by molar-refractivity contribution is 9.10. The molecule has 20 heavy (non-hydrogen) atoms. The van der Waals surface area contributed by atoms with Gasteiger partial charge in [0.15, 0.2) is 0 Å². The minimum absolute atomic E-state index is 0.0266. The Morgan fingerprint density at radius 2 is 1.95 bits per heavy atom. The van der Waals surface area contributed by atoms with E-state index in [1.54, 1.807) is 12.1 Å². The lowest BCUT2D eigenvalue weighted by atomic mass is 10.3. The van der Waals surface area contributed by atoms with E-state index in [4.69, 9.17) is 11.6 Å². The van der Waals surface area contributed by atoms with Crippen LogP contribution in [0, 0.1) is 5.82 Å². The quantitative estimate of drug-likeness (QED) is 0.857. The molecular formula is C14H11BrClFN2O. The minimum atomic E-state index is -0.443. The molecule has 2 aromatic carbocycles. The molecule has 2 aromatic rings. The fourth-order valence-corrected chi connectivity index (χ4v) is 2.57. The van der Waals surface area contributed by atoms with Gasteiger partial charge in [0.05, 0.1) is 17.3 Å². The van der Waals surface area contributed by atoms with E-state index < -0.39 is 5.82 Å². The van der Waals surface area contributed by atoms with Crippen molar-refractivity contribution in [1.82, 2.24) is 0 Å². The number of para-hydroxylation sites is 1. The van der Waals surface area contributed by atoms with Gasteiger partial charge in [0.2, 0.25) is 5.91 Å². The zero-order valence-corrected chi connectivity index (χ0v) is 12.6. The van der Waals surface area contributed by atoms with Crippen LogP contribution < -0.4 is 10.6 Å². The van der Waals surface area contributed by atoms with E-state index in [-0.39, 0.29) is 17.5 Å². The van der Waals surface area contributed by atoms with Crippen LogP contribution in [0.5, 0.6) is 0 Å². The van der Waals surface area contributed by atoms with Gasteiger partial charge in [0.25, 0.3) is 0 Å². The zero-order chi connectivity index (χ0) is 14.5. The van der Waals surface area contributed by atoms with Gasteiger partial charge in [-0.05, 0) is 40.2 Å². The van der Waals surface area contributed by atoms with Crippen molar-refractivity contribution < 1.29 is 9.18 Å². The summed E-state index contributed by atoms with van der Waals surface area (Å²) < 4.78 is 13.5. The second kappa shape index (κ2) is 6.72. The van der Waals surface area contributed by atoms with Gasteiger partial charge in [0, 0.05) is 10.2 Å². The minimum Gasteiger partial charge on any atom is -0.374 e. The number of halogens is 3. The molecule has 0 aliphatic heterocycles. The standard InChI is InChI=1S/C14H11BrClFN2O/c15-11-6-9(17)7-12(16)14(11)18-8-13(20)19-10-4-2-1-3-5-10/h1-7,18H,8H2,(H,19,20). The number of benzene rings is 2. The van der Waals surface area contributed by atoms with E-state index in [1.165, 1.54) is 12.1 Å². The Hall–Kier alpha value is -1.59. The molecule has 0 aliphatic carbocycles. The summed E-state index contributed by atoms with van der Waals surface area (Å²) in [6.45, 7) is 0.0266. The maximum absolute atomic E-state index is 13.1. The summed E-state index contributed by atoms with van der Waals surface area (Å²) in [6.07, 6.45) is 0. The molecule has 0 spiro atoms. The van der Waals surface area contributed by atoms with Crippen LogP contribution in [0.15, 0.2) is 46.9 Å². The summed E-state index contributed by atoms with van der Waals surface area (Å²) in [5.41, 5.74) is 1.19. The van der Waals surface area contributed by atoms with Gasteiger partial charge in [-0.3, -0.25) is 4.79 Å². The van der Waals surface area contributed by atoms with Crippen LogP contribution in [0.2, 0.25) is 5.02 Å². The molecule has 1 amide bonds. The van der Waals surface area contributed by atoms with Gasteiger partial charge in [-0.15, -0.1) is 0 Å². The van der Waals surface area contributed by atoms with E-state index in [9.17, 15) is 9.18 Å². The first kappa shape index (κ1) is 14.8. The molecule has 3 nitrogen and oxygen atoms in total. The van der Waals surface area contributed by atoms with E-state index in [2.05, 4.69) is 26.6 Å². The summed E-state index contributed by atoms with van der Waals surface area (Å²) in [5, 5.41) is 5.81. The Kier molecular flexibility index (Phi) is 4.98. The molecule has 0 atom stereocenters. The van der Waals surface area contributed by atoms with Gasteiger partial charge in [0.1, 0.15) is 5.82 Å². The maximum atomic E-state index is 13.1. The number of anilines is 2. The Balaban J connectivity index is 1.97. The first-order valence-corrected chi connectivity index (χ1v) is 6.96. The summed E-state index contributed by atoms with van der Waals surface area (Å²) >= 11 is 9.11. The SMILES string of the molecule is O=C(CNc1c(Cl)cc(F)cc1Br)Nc1ccccc1. The first-order valence-electron chi connectivity index (χ1n) is 5.79. The Labute approximate surface area is 129 Å². The van der Waals surface area contributed by atoms with E-state index in [1.807, 2.05) is 18.2 Å². The second-order valence-corrected chi connectivity index (χ2v) is 5.27. The summed E-state index contributed by atoms with van der Waals surface area (Å²) in [7, 11) is 0. The molecule has 0 saturated carbocycles. The molecule has 2 N–H and O–H groups in total.